The highest BCUT2D eigenvalue weighted by atomic mass is 35.5. The Kier molecular flexibility index (Phi) is 17.2. The van der Waals surface area contributed by atoms with Crippen molar-refractivity contribution >= 4 is 47.4 Å². The number of aliphatic imine (C=N–C) groups is 2. The van der Waals surface area contributed by atoms with Crippen LogP contribution in [0.15, 0.2) is 108 Å². The quantitative estimate of drug-likeness (QED) is 0.0401. The minimum absolute atomic E-state index is 0.222. The molecular formula is C56H60Cl2N8O6. The Balaban J connectivity index is 0.987. The zero-order chi connectivity index (χ0) is 50.7. The molecule has 0 saturated heterocycles. The summed E-state index contributed by atoms with van der Waals surface area (Å²) in [7, 11) is 3.42. The predicted molar refractivity (Wildman–Crippen MR) is 282 cm³/mol. The van der Waals surface area contributed by atoms with E-state index in [9.17, 15) is 9.59 Å². The van der Waals surface area contributed by atoms with Gasteiger partial charge >= 0.3 is 0 Å². The maximum Gasteiger partial charge on any atom is 0.234 e. The lowest BCUT2D eigenvalue weighted by Gasteiger charge is -2.20. The Labute approximate surface area is 430 Å². The van der Waals surface area contributed by atoms with Crippen LogP contribution in [0.25, 0.3) is 11.1 Å². The standard InChI is InChI=1S/C56H60Cl2N8O6/c1-33-41(31-71-51-19-49(69-29-37-15-35(21-61-3)23-63-25-37)43(17-47(51)57)27-65-53(55(59)67)39-11-12-39)7-5-9-45(33)46-10-6-8-42(34(46)2)32-72-52-20-50(70-30-38-16-36(22-62-4)24-64-26-38)44(18-48(52)58)28-66-54(56(60)68)40-13-14-40/h5-10,15-26,39-40,53-54,65-66H,11-14,27-32H2,1-4H3,(H2,59,67)(H2,60,68)/t53-,54-/m0/s1. The molecule has 0 radical (unpaired) electrons. The molecule has 2 aliphatic rings. The number of pyridine rings is 2. The molecule has 0 spiro atoms. The van der Waals surface area contributed by atoms with Crippen LogP contribution in [-0.4, -0.2) is 60.4 Å². The molecule has 374 valence electrons. The number of amides is 2. The molecule has 2 aliphatic carbocycles. The predicted octanol–water partition coefficient (Wildman–Crippen LogP) is 9.19. The molecule has 0 aliphatic heterocycles. The number of hydrogen-bond acceptors (Lipinski definition) is 12. The summed E-state index contributed by atoms with van der Waals surface area (Å²) >= 11 is 13.9. The fourth-order valence-electron chi connectivity index (χ4n) is 8.73. The summed E-state index contributed by atoms with van der Waals surface area (Å²) in [4.78, 5) is 41.5. The molecule has 16 heteroatoms. The molecule has 8 rings (SSSR count). The zero-order valence-electron chi connectivity index (χ0n) is 40.9. The fourth-order valence-corrected chi connectivity index (χ4v) is 9.21. The van der Waals surface area contributed by atoms with E-state index in [1.165, 1.54) is 0 Å². The van der Waals surface area contributed by atoms with Crippen molar-refractivity contribution in [2.75, 3.05) is 14.1 Å². The molecule has 0 unspecified atom stereocenters. The number of benzene rings is 4. The van der Waals surface area contributed by atoms with Gasteiger partial charge in [-0.25, -0.2) is 0 Å². The van der Waals surface area contributed by atoms with Gasteiger partial charge in [0.25, 0.3) is 0 Å². The van der Waals surface area contributed by atoms with Crippen molar-refractivity contribution in [2.45, 2.75) is 91.1 Å². The van der Waals surface area contributed by atoms with Crippen LogP contribution in [-0.2, 0) is 49.1 Å². The number of carbonyl (C=O) groups is 2. The van der Waals surface area contributed by atoms with Crippen LogP contribution in [0.1, 0.15) is 81.3 Å². The number of rotatable bonds is 25. The lowest BCUT2D eigenvalue weighted by atomic mass is 9.92. The van der Waals surface area contributed by atoms with Crippen LogP contribution in [0.2, 0.25) is 10.0 Å². The van der Waals surface area contributed by atoms with Crippen molar-refractivity contribution in [3.63, 3.8) is 0 Å². The number of aromatic nitrogens is 2. The Morgan fingerprint density at radius 2 is 1.00 bits per heavy atom. The summed E-state index contributed by atoms with van der Waals surface area (Å²) in [5.41, 5.74) is 22.6. The van der Waals surface area contributed by atoms with Crippen molar-refractivity contribution in [3.05, 3.63) is 163 Å². The summed E-state index contributed by atoms with van der Waals surface area (Å²) in [6, 6.07) is 22.6. The second-order valence-corrected chi connectivity index (χ2v) is 19.2. The lowest BCUT2D eigenvalue weighted by Crippen LogP contribution is -2.42. The largest absolute Gasteiger partial charge is 0.488 e. The minimum Gasteiger partial charge on any atom is -0.488 e. The molecule has 4 aromatic carbocycles. The first kappa shape index (κ1) is 51.5. The second-order valence-electron chi connectivity index (χ2n) is 18.3. The maximum absolute atomic E-state index is 12.3. The van der Waals surface area contributed by atoms with Crippen molar-refractivity contribution in [1.29, 1.82) is 0 Å². The van der Waals surface area contributed by atoms with Crippen molar-refractivity contribution in [3.8, 4) is 34.1 Å². The van der Waals surface area contributed by atoms with Gasteiger partial charge in [-0.05, 0) is 109 Å². The van der Waals surface area contributed by atoms with E-state index < -0.39 is 12.1 Å². The minimum atomic E-state index is -0.442. The highest BCUT2D eigenvalue weighted by Gasteiger charge is 2.36. The van der Waals surface area contributed by atoms with Crippen molar-refractivity contribution < 1.29 is 28.5 Å². The number of nitrogens with zero attached hydrogens (tertiary/aromatic N) is 4. The van der Waals surface area contributed by atoms with Crippen molar-refractivity contribution in [1.82, 2.24) is 20.6 Å². The van der Waals surface area contributed by atoms with Crippen LogP contribution < -0.4 is 41.0 Å². The molecule has 2 aromatic heterocycles. The van der Waals surface area contributed by atoms with Gasteiger partial charge < -0.3 is 41.0 Å². The number of carbonyl (C=O) groups excluding carboxylic acids is 2. The second kappa shape index (κ2) is 24.1. The lowest BCUT2D eigenvalue weighted by molar-refractivity contribution is -0.121. The first-order valence-electron chi connectivity index (χ1n) is 24.0. The van der Waals surface area contributed by atoms with Gasteiger partial charge in [-0.1, -0.05) is 59.6 Å². The van der Waals surface area contributed by atoms with E-state index in [1.807, 2.05) is 48.5 Å². The highest BCUT2D eigenvalue weighted by molar-refractivity contribution is 6.32. The molecule has 6 N–H and O–H groups in total. The van der Waals surface area contributed by atoms with Gasteiger partial charge in [0.2, 0.25) is 11.8 Å². The van der Waals surface area contributed by atoms with Gasteiger partial charge in [-0.3, -0.25) is 29.5 Å². The highest BCUT2D eigenvalue weighted by Crippen LogP contribution is 2.39. The number of nitrogens with one attached hydrogen (secondary N) is 2. The average molecular weight is 1010 g/mol. The number of halogens is 2. The van der Waals surface area contributed by atoms with Gasteiger partial charge in [-0.15, -0.1) is 0 Å². The molecule has 2 heterocycles. The van der Waals surface area contributed by atoms with E-state index in [0.29, 0.717) is 46.1 Å². The van der Waals surface area contributed by atoms with E-state index in [1.54, 1.807) is 63.4 Å². The average Bonchev–Trinajstić information content (AvgIpc) is 4.31. The molecular weight excluding hydrogens is 952 g/mol. The smallest absolute Gasteiger partial charge is 0.234 e. The first-order chi connectivity index (χ1) is 34.9. The number of ether oxygens (including phenoxy) is 4. The molecule has 2 fully saturated rings. The molecule has 2 amide bonds. The van der Waals surface area contributed by atoms with Gasteiger partial charge in [0, 0.05) is 110 Å². The molecule has 2 atom stereocenters. The summed E-state index contributed by atoms with van der Waals surface area (Å²) < 4.78 is 25.8. The Morgan fingerprint density at radius 3 is 1.38 bits per heavy atom. The third-order valence-electron chi connectivity index (χ3n) is 13.0. The van der Waals surface area contributed by atoms with E-state index in [2.05, 4.69) is 56.6 Å². The maximum atomic E-state index is 12.3. The summed E-state index contributed by atoms with van der Waals surface area (Å²) in [5.74, 6) is 1.70. The van der Waals surface area contributed by atoms with E-state index in [0.717, 1.165) is 92.4 Å². The van der Waals surface area contributed by atoms with E-state index in [4.69, 9.17) is 53.6 Å². The van der Waals surface area contributed by atoms with Crippen LogP contribution in [0.3, 0.4) is 0 Å². The van der Waals surface area contributed by atoms with Crippen LogP contribution in [0.5, 0.6) is 23.0 Å². The van der Waals surface area contributed by atoms with Crippen LogP contribution >= 0.6 is 23.2 Å². The zero-order valence-corrected chi connectivity index (χ0v) is 42.4. The normalized spacial score (nSPS) is 14.4. The van der Waals surface area contributed by atoms with E-state index >= 15 is 0 Å². The molecule has 2 saturated carbocycles. The molecule has 0 bridgehead atoms. The number of nitrogens with two attached hydrogens (primary N) is 2. The molecule has 72 heavy (non-hydrogen) atoms. The first-order valence-corrected chi connectivity index (χ1v) is 24.8. The Morgan fingerprint density at radius 1 is 0.597 bits per heavy atom. The summed E-state index contributed by atoms with van der Waals surface area (Å²) in [6.45, 7) is 5.74. The van der Waals surface area contributed by atoms with Gasteiger partial charge in [0.1, 0.15) is 49.4 Å². The van der Waals surface area contributed by atoms with Gasteiger partial charge in [0.15, 0.2) is 0 Å². The number of primary amides is 2. The third-order valence-corrected chi connectivity index (χ3v) is 13.6. The van der Waals surface area contributed by atoms with Gasteiger partial charge in [-0.2, -0.15) is 0 Å². The number of hydrogen-bond donors (Lipinski definition) is 4. The van der Waals surface area contributed by atoms with Gasteiger partial charge in [0.05, 0.1) is 22.1 Å². The summed E-state index contributed by atoms with van der Waals surface area (Å²) in [6.07, 6.45) is 14.3. The SMILES string of the molecule is CN=Cc1cncc(COc2cc(OCc3cccc(-c4cccc(COc5cc(OCc6cncc(C=NC)c6)c(CN[C@H](C(N)=O)C6CC6)cc5Cl)c4C)c3C)c(Cl)cc2CN[C@H](C(N)=O)C2CC2)c1. The topological polar surface area (TPSA) is 198 Å². The van der Waals surface area contributed by atoms with E-state index in [-0.39, 0.29) is 50.1 Å². The molecule has 14 nitrogen and oxygen atoms in total. The fraction of sp³-hybridized carbons (Fsp3) is 0.321. The Hall–Kier alpha value is -6.84. The van der Waals surface area contributed by atoms with Crippen LogP contribution in [0, 0.1) is 25.7 Å². The summed E-state index contributed by atoms with van der Waals surface area (Å²) in [5, 5.41) is 7.48. The third kappa shape index (κ3) is 13.4. The Bertz CT molecular complexity index is 2780. The van der Waals surface area contributed by atoms with Crippen LogP contribution in [0.4, 0.5) is 0 Å². The monoisotopic (exact) mass is 1010 g/mol. The van der Waals surface area contributed by atoms with Crippen molar-refractivity contribution in [2.24, 2.45) is 33.3 Å². The molecule has 6 aromatic rings.